The number of benzene rings is 1. The van der Waals surface area contributed by atoms with E-state index < -0.39 is 0 Å². The van der Waals surface area contributed by atoms with Crippen LogP contribution in [0.1, 0.15) is 31.2 Å². The predicted octanol–water partition coefficient (Wildman–Crippen LogP) is 3.22. The third-order valence-electron chi connectivity index (χ3n) is 3.64. The third-order valence-corrected chi connectivity index (χ3v) is 3.64. The van der Waals surface area contributed by atoms with Crippen LogP contribution >= 0.6 is 0 Å². The number of hydrogen-bond donors (Lipinski definition) is 0. The third kappa shape index (κ3) is 2.57. The van der Waals surface area contributed by atoms with Crippen molar-refractivity contribution < 1.29 is 4.79 Å². The van der Waals surface area contributed by atoms with Crippen LogP contribution < -0.4 is 0 Å². The molecule has 3 rings (SSSR count). The van der Waals surface area contributed by atoms with E-state index in [0.29, 0.717) is 6.42 Å². The number of likely N-dealkylation sites (tertiary alicyclic amines) is 1. The predicted molar refractivity (Wildman–Crippen MR) is 73.3 cm³/mol. The molecule has 0 spiro atoms. The maximum Gasteiger partial charge on any atom is 0.270 e. The number of rotatable bonds is 2. The molecule has 2 aliphatic heterocycles. The second kappa shape index (κ2) is 5.34. The Morgan fingerprint density at radius 2 is 1.68 bits per heavy atom. The highest BCUT2D eigenvalue weighted by molar-refractivity contribution is 5.85. The van der Waals surface area contributed by atoms with E-state index in [0.717, 1.165) is 30.0 Å². The van der Waals surface area contributed by atoms with Crippen LogP contribution in [0.5, 0.6) is 0 Å². The lowest BCUT2D eigenvalue weighted by Gasteiger charge is -2.32. The van der Waals surface area contributed by atoms with Gasteiger partial charge in [0.15, 0.2) is 0 Å². The normalized spacial score (nSPS) is 20.0. The van der Waals surface area contributed by atoms with Gasteiger partial charge in [-0.1, -0.05) is 30.3 Å². The molecule has 4 heteroatoms. The van der Waals surface area contributed by atoms with E-state index in [1.54, 1.807) is 0 Å². The number of piperidine rings is 1. The van der Waals surface area contributed by atoms with E-state index in [1.165, 1.54) is 19.3 Å². The van der Waals surface area contributed by atoms with Crippen LogP contribution in [0.4, 0.5) is 0 Å². The molecule has 1 aromatic rings. The molecule has 1 amide bonds. The zero-order valence-electron chi connectivity index (χ0n) is 10.9. The summed E-state index contributed by atoms with van der Waals surface area (Å²) in [6, 6.07) is 10.0. The maximum atomic E-state index is 11.6. The van der Waals surface area contributed by atoms with Crippen molar-refractivity contribution in [2.75, 3.05) is 13.1 Å². The first kappa shape index (κ1) is 12.1. The molecule has 0 bridgehead atoms. The summed E-state index contributed by atoms with van der Waals surface area (Å²) in [7, 11) is 0. The van der Waals surface area contributed by atoms with Crippen molar-refractivity contribution in [3.8, 4) is 0 Å². The van der Waals surface area contributed by atoms with Crippen molar-refractivity contribution in [2.24, 2.45) is 10.2 Å². The smallest absolute Gasteiger partial charge is 0.270 e. The van der Waals surface area contributed by atoms with Gasteiger partial charge >= 0.3 is 0 Å². The molecule has 2 heterocycles. The number of nitrogens with zero attached hydrogens (tertiary/aromatic N) is 3. The van der Waals surface area contributed by atoms with Gasteiger partial charge in [-0.05, 0) is 19.3 Å². The summed E-state index contributed by atoms with van der Waals surface area (Å²) in [6.07, 6.45) is 4.04. The molecule has 1 fully saturated rings. The molecule has 4 nitrogen and oxygen atoms in total. The highest BCUT2D eigenvalue weighted by atomic mass is 16.1. The molecule has 0 unspecified atom stereocenters. The Morgan fingerprint density at radius 1 is 0.947 bits per heavy atom. The van der Waals surface area contributed by atoms with Crippen LogP contribution in [0.3, 0.4) is 0 Å². The molecule has 98 valence electrons. The topological polar surface area (TPSA) is 45.0 Å². The van der Waals surface area contributed by atoms with Crippen molar-refractivity contribution in [3.05, 3.63) is 41.6 Å². The minimum Gasteiger partial charge on any atom is -0.373 e. The first-order valence-corrected chi connectivity index (χ1v) is 6.83. The number of carbonyl (C=O) groups is 1. The quantitative estimate of drug-likeness (QED) is 0.814. The first-order valence-electron chi connectivity index (χ1n) is 6.83. The number of hydrogen-bond acceptors (Lipinski definition) is 3. The average Bonchev–Trinajstić information content (AvgIpc) is 2.49. The summed E-state index contributed by atoms with van der Waals surface area (Å²) < 4.78 is 0. The van der Waals surface area contributed by atoms with Crippen LogP contribution in [0.15, 0.2) is 46.3 Å². The maximum absolute atomic E-state index is 11.6. The molecule has 2 aliphatic rings. The number of amides is 1. The van der Waals surface area contributed by atoms with E-state index in [9.17, 15) is 4.79 Å². The molecule has 0 atom stereocenters. The summed E-state index contributed by atoms with van der Waals surface area (Å²) in [5, 5.41) is 7.89. The molecular weight excluding hydrogens is 238 g/mol. The Morgan fingerprint density at radius 3 is 2.42 bits per heavy atom. The van der Waals surface area contributed by atoms with Gasteiger partial charge in [-0.2, -0.15) is 0 Å². The van der Waals surface area contributed by atoms with Crippen molar-refractivity contribution >= 4 is 11.6 Å². The fraction of sp³-hybridized carbons (Fsp3) is 0.400. The van der Waals surface area contributed by atoms with Crippen LogP contribution in [0.2, 0.25) is 0 Å². The van der Waals surface area contributed by atoms with Gasteiger partial charge in [0, 0.05) is 18.7 Å². The lowest BCUT2D eigenvalue weighted by molar-refractivity contribution is -0.118. The molecule has 1 saturated heterocycles. The van der Waals surface area contributed by atoms with Gasteiger partial charge in [0.05, 0.1) is 12.1 Å². The second-order valence-corrected chi connectivity index (χ2v) is 4.98. The van der Waals surface area contributed by atoms with Gasteiger partial charge < -0.3 is 4.90 Å². The first-order chi connectivity index (χ1) is 9.34. The van der Waals surface area contributed by atoms with Crippen molar-refractivity contribution in [2.45, 2.75) is 25.7 Å². The summed E-state index contributed by atoms with van der Waals surface area (Å²) in [6.45, 7) is 2.04. The molecule has 19 heavy (non-hydrogen) atoms. The molecule has 0 aromatic heterocycles. The van der Waals surface area contributed by atoms with Gasteiger partial charge in [0.2, 0.25) is 0 Å². The lowest BCUT2D eigenvalue weighted by Crippen LogP contribution is -2.31. The van der Waals surface area contributed by atoms with Crippen LogP contribution in [0.25, 0.3) is 5.70 Å². The Bertz CT molecular complexity index is 528. The van der Waals surface area contributed by atoms with Crippen molar-refractivity contribution in [1.82, 2.24) is 4.90 Å². The van der Waals surface area contributed by atoms with Gasteiger partial charge in [0.25, 0.3) is 5.91 Å². The lowest BCUT2D eigenvalue weighted by atomic mass is 10.0. The SMILES string of the molecule is O=C1CC(N2CCCCC2)=C(c2ccccc2)N=N1. The van der Waals surface area contributed by atoms with E-state index in [4.69, 9.17) is 0 Å². The highest BCUT2D eigenvalue weighted by Gasteiger charge is 2.24. The Labute approximate surface area is 112 Å². The number of carbonyl (C=O) groups excluding carboxylic acids is 1. The molecule has 1 aromatic carbocycles. The zero-order chi connectivity index (χ0) is 13.1. The largest absolute Gasteiger partial charge is 0.373 e. The van der Waals surface area contributed by atoms with E-state index in [1.807, 2.05) is 30.3 Å². The molecular formula is C15H17N3O. The zero-order valence-corrected chi connectivity index (χ0v) is 10.9. The van der Waals surface area contributed by atoms with E-state index in [-0.39, 0.29) is 5.91 Å². The van der Waals surface area contributed by atoms with Crippen LogP contribution in [-0.4, -0.2) is 23.9 Å². The summed E-state index contributed by atoms with van der Waals surface area (Å²) >= 11 is 0. The molecule has 0 N–H and O–H groups in total. The molecule has 0 radical (unpaired) electrons. The van der Waals surface area contributed by atoms with E-state index >= 15 is 0 Å². The Hall–Kier alpha value is -1.97. The van der Waals surface area contributed by atoms with Crippen LogP contribution in [-0.2, 0) is 4.79 Å². The fourth-order valence-corrected chi connectivity index (χ4v) is 2.67. The number of azo groups is 1. The monoisotopic (exact) mass is 255 g/mol. The standard InChI is InChI=1S/C15H17N3O/c19-14-11-13(18-9-5-2-6-10-18)15(17-16-14)12-7-3-1-4-8-12/h1,3-4,7-8H,2,5-6,9-11H2. The highest BCUT2D eigenvalue weighted by Crippen LogP contribution is 2.30. The Balaban J connectivity index is 1.99. The van der Waals surface area contributed by atoms with Gasteiger partial charge in [-0.25, -0.2) is 0 Å². The van der Waals surface area contributed by atoms with E-state index in [2.05, 4.69) is 15.1 Å². The van der Waals surface area contributed by atoms with Gasteiger partial charge in [-0.3, -0.25) is 4.79 Å². The minimum absolute atomic E-state index is 0.139. The molecule has 0 saturated carbocycles. The minimum atomic E-state index is -0.139. The second-order valence-electron chi connectivity index (χ2n) is 4.98. The Kier molecular flexibility index (Phi) is 3.40. The van der Waals surface area contributed by atoms with Crippen molar-refractivity contribution in [3.63, 3.8) is 0 Å². The summed E-state index contributed by atoms with van der Waals surface area (Å²) in [4.78, 5) is 13.9. The summed E-state index contributed by atoms with van der Waals surface area (Å²) in [5.74, 6) is -0.139. The van der Waals surface area contributed by atoms with Crippen molar-refractivity contribution in [1.29, 1.82) is 0 Å². The summed E-state index contributed by atoms with van der Waals surface area (Å²) in [5.41, 5.74) is 2.95. The molecule has 0 aliphatic carbocycles. The average molecular weight is 255 g/mol. The fourth-order valence-electron chi connectivity index (χ4n) is 2.67. The van der Waals surface area contributed by atoms with Crippen LogP contribution in [0, 0.1) is 0 Å². The van der Waals surface area contributed by atoms with Gasteiger partial charge in [-0.15, -0.1) is 10.2 Å². The van der Waals surface area contributed by atoms with Gasteiger partial charge in [0.1, 0.15) is 5.70 Å².